The van der Waals surface area contributed by atoms with Crippen LogP contribution in [0.25, 0.3) is 11.2 Å². The topological polar surface area (TPSA) is 88.6 Å². The third-order valence-corrected chi connectivity index (χ3v) is 3.85. The van der Waals surface area contributed by atoms with Crippen molar-refractivity contribution >= 4 is 16.9 Å². The number of nitrogens with one attached hydrogen (secondary N) is 1. The summed E-state index contributed by atoms with van der Waals surface area (Å²) in [6.07, 6.45) is 3.59. The maximum Gasteiger partial charge on any atom is 0.279 e. The number of H-pyrrole nitrogens is 1. The lowest BCUT2D eigenvalue weighted by Crippen LogP contribution is -2.13. The Morgan fingerprint density at radius 2 is 1.88 bits per heavy atom. The molecule has 0 aliphatic rings. The second-order valence-corrected chi connectivity index (χ2v) is 5.66. The molecule has 1 aromatic carbocycles. The maximum atomic E-state index is 11.9. The second-order valence-electron chi connectivity index (χ2n) is 5.66. The lowest BCUT2D eigenvalue weighted by molar-refractivity contribution is 0.0988. The van der Waals surface area contributed by atoms with Crippen LogP contribution >= 0.6 is 0 Å². The molecule has 0 spiro atoms. The standard InChI is InChI=1S/C18H18N4O2/c1-3-15(23)13-7-4-12(5-8-13)6-9-14-10-19-17-16(22-14)18(24)21-11(2)20-17/h4-5,7-8,10H,3,6,9H2,1-2H3,(H,19,20,21,24). The van der Waals surface area contributed by atoms with E-state index in [1.807, 2.05) is 31.2 Å². The lowest BCUT2D eigenvalue weighted by atomic mass is 10.0. The molecule has 0 aliphatic carbocycles. The molecule has 0 amide bonds. The molecule has 6 heteroatoms. The first-order valence-electron chi connectivity index (χ1n) is 7.91. The van der Waals surface area contributed by atoms with Gasteiger partial charge in [0, 0.05) is 12.0 Å². The van der Waals surface area contributed by atoms with Gasteiger partial charge in [0.15, 0.2) is 16.9 Å². The first-order chi connectivity index (χ1) is 11.6. The smallest absolute Gasteiger partial charge is 0.279 e. The molecule has 3 aromatic rings. The number of Topliss-reactive ketones (excluding diaryl/α,β-unsaturated/α-hetero) is 1. The monoisotopic (exact) mass is 322 g/mol. The lowest BCUT2D eigenvalue weighted by Gasteiger charge is -2.04. The number of carbonyl (C=O) groups is 1. The van der Waals surface area contributed by atoms with Crippen LogP contribution in [-0.2, 0) is 12.8 Å². The highest BCUT2D eigenvalue weighted by Crippen LogP contribution is 2.10. The quantitative estimate of drug-likeness (QED) is 0.729. The van der Waals surface area contributed by atoms with Crippen LogP contribution in [0.3, 0.4) is 0 Å². The van der Waals surface area contributed by atoms with E-state index in [0.717, 1.165) is 23.2 Å². The normalized spacial score (nSPS) is 10.9. The Morgan fingerprint density at radius 3 is 2.58 bits per heavy atom. The number of aryl methyl sites for hydroxylation is 3. The van der Waals surface area contributed by atoms with E-state index >= 15 is 0 Å². The van der Waals surface area contributed by atoms with Gasteiger partial charge in [-0.15, -0.1) is 0 Å². The highest BCUT2D eigenvalue weighted by atomic mass is 16.1. The Kier molecular flexibility index (Phi) is 4.46. The summed E-state index contributed by atoms with van der Waals surface area (Å²) in [5.74, 6) is 0.667. The number of fused-ring (bicyclic) bond motifs is 1. The van der Waals surface area contributed by atoms with E-state index in [-0.39, 0.29) is 16.9 Å². The zero-order valence-corrected chi connectivity index (χ0v) is 13.7. The van der Waals surface area contributed by atoms with Gasteiger partial charge in [0.2, 0.25) is 0 Å². The maximum absolute atomic E-state index is 11.9. The van der Waals surface area contributed by atoms with Crippen molar-refractivity contribution in [3.05, 3.63) is 63.5 Å². The van der Waals surface area contributed by atoms with E-state index in [9.17, 15) is 9.59 Å². The summed E-state index contributed by atoms with van der Waals surface area (Å²) in [6, 6.07) is 7.61. The molecule has 2 heterocycles. The van der Waals surface area contributed by atoms with Crippen LogP contribution < -0.4 is 5.56 Å². The molecule has 0 unspecified atom stereocenters. The summed E-state index contributed by atoms with van der Waals surface area (Å²) in [6.45, 7) is 3.57. The van der Waals surface area contributed by atoms with Gasteiger partial charge >= 0.3 is 0 Å². The Balaban J connectivity index is 1.76. The molecule has 0 radical (unpaired) electrons. The predicted octanol–water partition coefficient (Wildman–Crippen LogP) is 2.40. The van der Waals surface area contributed by atoms with Crippen LogP contribution in [0.1, 0.15) is 40.8 Å². The average Bonchev–Trinajstić information content (AvgIpc) is 2.60. The third kappa shape index (κ3) is 3.37. The van der Waals surface area contributed by atoms with Gasteiger partial charge in [-0.25, -0.2) is 15.0 Å². The zero-order valence-electron chi connectivity index (χ0n) is 13.7. The first-order valence-corrected chi connectivity index (χ1v) is 7.91. The van der Waals surface area contributed by atoms with Crippen molar-refractivity contribution in [2.45, 2.75) is 33.1 Å². The number of aromatic nitrogens is 4. The van der Waals surface area contributed by atoms with E-state index in [4.69, 9.17) is 0 Å². The molecule has 2 aromatic heterocycles. The number of hydrogen-bond donors (Lipinski definition) is 1. The van der Waals surface area contributed by atoms with Crippen molar-refractivity contribution in [1.29, 1.82) is 0 Å². The van der Waals surface area contributed by atoms with Crippen molar-refractivity contribution in [2.24, 2.45) is 0 Å². The highest BCUT2D eigenvalue weighted by molar-refractivity contribution is 5.95. The number of aromatic amines is 1. The van der Waals surface area contributed by atoms with Gasteiger partial charge in [-0.3, -0.25) is 9.59 Å². The molecule has 0 saturated carbocycles. The summed E-state index contributed by atoms with van der Waals surface area (Å²) in [5, 5.41) is 0. The van der Waals surface area contributed by atoms with Gasteiger partial charge < -0.3 is 4.98 Å². The van der Waals surface area contributed by atoms with E-state index in [0.29, 0.717) is 24.3 Å². The molecular formula is C18H18N4O2. The van der Waals surface area contributed by atoms with E-state index < -0.39 is 0 Å². The molecule has 1 N–H and O–H groups in total. The average molecular weight is 322 g/mol. The van der Waals surface area contributed by atoms with Crippen LogP contribution in [0, 0.1) is 6.92 Å². The van der Waals surface area contributed by atoms with Crippen molar-refractivity contribution in [3.63, 3.8) is 0 Å². The van der Waals surface area contributed by atoms with E-state index in [1.165, 1.54) is 0 Å². The molecule has 0 bridgehead atoms. The molecular weight excluding hydrogens is 304 g/mol. The highest BCUT2D eigenvalue weighted by Gasteiger charge is 2.07. The summed E-state index contributed by atoms with van der Waals surface area (Å²) in [4.78, 5) is 39.0. The predicted molar refractivity (Wildman–Crippen MR) is 91.2 cm³/mol. The van der Waals surface area contributed by atoms with Gasteiger partial charge in [0.1, 0.15) is 5.82 Å². The number of benzene rings is 1. The van der Waals surface area contributed by atoms with Gasteiger partial charge in [-0.2, -0.15) is 0 Å². The SMILES string of the molecule is CCC(=O)c1ccc(CCc2cnc3nc(C)[nH]c(=O)c3n2)cc1. The summed E-state index contributed by atoms with van der Waals surface area (Å²) >= 11 is 0. The van der Waals surface area contributed by atoms with E-state index in [1.54, 1.807) is 13.1 Å². The Bertz CT molecular complexity index is 945. The summed E-state index contributed by atoms with van der Waals surface area (Å²) in [7, 11) is 0. The molecule has 0 saturated heterocycles. The fourth-order valence-electron chi connectivity index (χ4n) is 2.52. The molecule has 0 aliphatic heterocycles. The van der Waals surface area contributed by atoms with Crippen molar-refractivity contribution in [3.8, 4) is 0 Å². The minimum absolute atomic E-state index is 0.143. The molecule has 122 valence electrons. The van der Waals surface area contributed by atoms with Crippen LogP contribution in [0.4, 0.5) is 0 Å². The number of ketones is 1. The second kappa shape index (κ2) is 6.70. The fourth-order valence-corrected chi connectivity index (χ4v) is 2.52. The van der Waals surface area contributed by atoms with E-state index in [2.05, 4.69) is 19.9 Å². The zero-order chi connectivity index (χ0) is 17.1. The van der Waals surface area contributed by atoms with Crippen LogP contribution in [0.5, 0.6) is 0 Å². The molecule has 6 nitrogen and oxygen atoms in total. The summed E-state index contributed by atoms with van der Waals surface area (Å²) in [5.41, 5.74) is 2.95. The number of hydrogen-bond acceptors (Lipinski definition) is 5. The first kappa shape index (κ1) is 16.0. The van der Waals surface area contributed by atoms with Crippen LogP contribution in [-0.4, -0.2) is 25.7 Å². The Hall–Kier alpha value is -2.89. The molecule has 24 heavy (non-hydrogen) atoms. The molecule has 0 atom stereocenters. The van der Waals surface area contributed by atoms with Gasteiger partial charge in [-0.05, 0) is 25.3 Å². The van der Waals surface area contributed by atoms with Gasteiger partial charge in [-0.1, -0.05) is 31.2 Å². The molecule has 0 fully saturated rings. The Morgan fingerprint density at radius 1 is 1.12 bits per heavy atom. The number of carbonyl (C=O) groups excluding carboxylic acids is 1. The largest absolute Gasteiger partial charge is 0.309 e. The molecule has 3 rings (SSSR count). The third-order valence-electron chi connectivity index (χ3n) is 3.85. The van der Waals surface area contributed by atoms with Crippen molar-refractivity contribution < 1.29 is 4.79 Å². The number of rotatable bonds is 5. The van der Waals surface area contributed by atoms with Crippen molar-refractivity contribution in [1.82, 2.24) is 19.9 Å². The number of nitrogens with zero attached hydrogens (tertiary/aromatic N) is 3. The van der Waals surface area contributed by atoms with Crippen LogP contribution in [0.15, 0.2) is 35.3 Å². The van der Waals surface area contributed by atoms with Crippen LogP contribution in [0.2, 0.25) is 0 Å². The Labute approximate surface area is 139 Å². The van der Waals surface area contributed by atoms with Crippen molar-refractivity contribution in [2.75, 3.05) is 0 Å². The minimum Gasteiger partial charge on any atom is -0.309 e. The fraction of sp³-hybridized carbons (Fsp3) is 0.278. The minimum atomic E-state index is -0.269. The van der Waals surface area contributed by atoms with Gasteiger partial charge in [0.05, 0.1) is 11.9 Å². The summed E-state index contributed by atoms with van der Waals surface area (Å²) < 4.78 is 0. The van der Waals surface area contributed by atoms with Gasteiger partial charge in [0.25, 0.3) is 5.56 Å².